The number of aryl methyl sites for hydroxylation is 1. The van der Waals surface area contributed by atoms with E-state index in [1.54, 1.807) is 19.9 Å². The van der Waals surface area contributed by atoms with Crippen LogP contribution >= 0.6 is 0 Å². The Morgan fingerprint density at radius 3 is 2.45 bits per heavy atom. The van der Waals surface area contributed by atoms with Gasteiger partial charge in [-0.15, -0.1) is 0 Å². The first kappa shape index (κ1) is 20.2. The highest BCUT2D eigenvalue weighted by molar-refractivity contribution is 6.08. The fraction of sp³-hybridized carbons (Fsp3) is 0.174. The van der Waals surface area contributed by atoms with Crippen molar-refractivity contribution in [1.82, 2.24) is 9.55 Å². The highest BCUT2D eigenvalue weighted by Crippen LogP contribution is 2.28. The molecule has 8 heteroatoms. The van der Waals surface area contributed by atoms with Crippen LogP contribution in [-0.2, 0) is 6.54 Å². The minimum absolute atomic E-state index is 0.0807. The minimum atomic E-state index is -0.726. The van der Waals surface area contributed by atoms with Gasteiger partial charge in [0.1, 0.15) is 11.4 Å². The molecule has 0 aliphatic rings. The van der Waals surface area contributed by atoms with E-state index < -0.39 is 17.2 Å². The summed E-state index contributed by atoms with van der Waals surface area (Å²) in [5.74, 6) is -0.456. The molecule has 4 rings (SSSR count). The number of hydrogen-bond acceptors (Lipinski definition) is 5. The number of amides is 1. The van der Waals surface area contributed by atoms with Gasteiger partial charge in [0.2, 0.25) is 0 Å². The van der Waals surface area contributed by atoms with E-state index in [1.165, 1.54) is 9.47 Å². The number of nitrogens with one attached hydrogen (secondary N) is 1. The first-order chi connectivity index (χ1) is 14.9. The molecule has 0 fully saturated rings. The number of fused-ring (bicyclic) bond motifs is 1. The predicted molar refractivity (Wildman–Crippen MR) is 120 cm³/mol. The second-order valence-corrected chi connectivity index (χ2v) is 7.17. The molecule has 0 aliphatic carbocycles. The monoisotopic (exact) mass is 418 g/mol. The van der Waals surface area contributed by atoms with Crippen molar-refractivity contribution in [1.29, 1.82) is 0 Å². The van der Waals surface area contributed by atoms with Crippen molar-refractivity contribution < 1.29 is 9.21 Å². The van der Waals surface area contributed by atoms with E-state index >= 15 is 0 Å². The molecule has 0 radical (unpaired) electrons. The van der Waals surface area contributed by atoms with Crippen LogP contribution in [0.1, 0.15) is 28.6 Å². The minimum Gasteiger partial charge on any atom is -0.451 e. The summed E-state index contributed by atoms with van der Waals surface area (Å²) in [6, 6.07) is 16.6. The van der Waals surface area contributed by atoms with Crippen molar-refractivity contribution >= 4 is 28.4 Å². The van der Waals surface area contributed by atoms with Gasteiger partial charge in [0.25, 0.3) is 11.5 Å². The Hall–Kier alpha value is -4.07. The van der Waals surface area contributed by atoms with Gasteiger partial charge in [0, 0.05) is 17.5 Å². The number of anilines is 2. The zero-order valence-corrected chi connectivity index (χ0v) is 17.2. The van der Waals surface area contributed by atoms with E-state index in [0.29, 0.717) is 11.1 Å². The number of nitrogen functional groups attached to an aromatic ring is 1. The smallest absolute Gasteiger partial charge is 0.330 e. The molecule has 0 aliphatic heterocycles. The average Bonchev–Trinajstić information content (AvgIpc) is 3.11. The average molecular weight is 418 g/mol. The molecule has 1 amide bonds. The number of aromatic nitrogens is 2. The van der Waals surface area contributed by atoms with Crippen LogP contribution in [0, 0.1) is 6.92 Å². The summed E-state index contributed by atoms with van der Waals surface area (Å²) < 4.78 is 7.03. The standard InChI is InChI=1S/C23H22N4O4/c1-3-26(22(29)19-14(2)16-11-7-8-12-17(16)31-19)18-20(24)27(23(30)25-21(18)28)13-15-9-5-4-6-10-15/h4-12H,3,13,24H2,1-2H3,(H,25,28,30). The Bertz CT molecular complexity index is 1380. The molecular weight excluding hydrogens is 396 g/mol. The Morgan fingerprint density at radius 2 is 1.77 bits per heavy atom. The molecular formula is C23H22N4O4. The van der Waals surface area contributed by atoms with Crippen molar-refractivity contribution in [2.24, 2.45) is 0 Å². The van der Waals surface area contributed by atoms with E-state index in [1.807, 2.05) is 48.5 Å². The molecule has 0 spiro atoms. The first-order valence-electron chi connectivity index (χ1n) is 9.88. The lowest BCUT2D eigenvalue weighted by Gasteiger charge is -2.22. The zero-order valence-electron chi connectivity index (χ0n) is 17.2. The van der Waals surface area contributed by atoms with Gasteiger partial charge in [-0.25, -0.2) is 4.79 Å². The third-order valence-corrected chi connectivity index (χ3v) is 5.27. The Kier molecular flexibility index (Phi) is 5.21. The molecule has 4 aromatic rings. The molecule has 0 bridgehead atoms. The number of carbonyl (C=O) groups is 1. The van der Waals surface area contributed by atoms with Crippen LogP contribution in [0.5, 0.6) is 0 Å². The second-order valence-electron chi connectivity index (χ2n) is 7.17. The van der Waals surface area contributed by atoms with Crippen molar-refractivity contribution in [3.63, 3.8) is 0 Å². The number of para-hydroxylation sites is 1. The maximum absolute atomic E-state index is 13.4. The quantitative estimate of drug-likeness (QED) is 0.517. The number of nitrogens with two attached hydrogens (primary N) is 1. The number of furan rings is 1. The lowest BCUT2D eigenvalue weighted by Crippen LogP contribution is -2.41. The fourth-order valence-corrected chi connectivity index (χ4v) is 3.67. The van der Waals surface area contributed by atoms with Crippen LogP contribution in [0.4, 0.5) is 11.5 Å². The number of H-pyrrole nitrogens is 1. The van der Waals surface area contributed by atoms with Gasteiger partial charge in [0.05, 0.1) is 6.54 Å². The topological polar surface area (TPSA) is 114 Å². The summed E-state index contributed by atoms with van der Waals surface area (Å²) in [7, 11) is 0. The fourth-order valence-electron chi connectivity index (χ4n) is 3.67. The van der Waals surface area contributed by atoms with Gasteiger partial charge in [-0.2, -0.15) is 0 Å². The summed E-state index contributed by atoms with van der Waals surface area (Å²) in [4.78, 5) is 42.0. The Balaban J connectivity index is 1.82. The molecule has 0 saturated carbocycles. The maximum atomic E-state index is 13.4. The summed E-state index contributed by atoms with van der Waals surface area (Å²) in [6.45, 7) is 3.83. The van der Waals surface area contributed by atoms with Gasteiger partial charge in [-0.1, -0.05) is 48.5 Å². The second kappa shape index (κ2) is 7.98. The summed E-state index contributed by atoms with van der Waals surface area (Å²) >= 11 is 0. The lowest BCUT2D eigenvalue weighted by molar-refractivity contribution is 0.0962. The van der Waals surface area contributed by atoms with Gasteiger partial charge in [0.15, 0.2) is 11.4 Å². The largest absolute Gasteiger partial charge is 0.451 e. The van der Waals surface area contributed by atoms with Crippen LogP contribution in [0.2, 0.25) is 0 Å². The van der Waals surface area contributed by atoms with Crippen LogP contribution < -0.4 is 21.9 Å². The molecule has 158 valence electrons. The molecule has 2 heterocycles. The number of nitrogens with zero attached hydrogens (tertiary/aromatic N) is 2. The van der Waals surface area contributed by atoms with Crippen molar-refractivity contribution in [2.45, 2.75) is 20.4 Å². The number of benzene rings is 2. The van der Waals surface area contributed by atoms with Crippen LogP contribution in [-0.4, -0.2) is 22.0 Å². The highest BCUT2D eigenvalue weighted by atomic mass is 16.3. The highest BCUT2D eigenvalue weighted by Gasteiger charge is 2.28. The van der Waals surface area contributed by atoms with Gasteiger partial charge < -0.3 is 10.2 Å². The summed E-state index contributed by atoms with van der Waals surface area (Å²) in [5, 5.41) is 0.817. The lowest BCUT2D eigenvalue weighted by atomic mass is 10.1. The number of carbonyl (C=O) groups excluding carboxylic acids is 1. The van der Waals surface area contributed by atoms with E-state index in [9.17, 15) is 14.4 Å². The van der Waals surface area contributed by atoms with Crippen LogP contribution in [0.15, 0.2) is 68.6 Å². The number of rotatable bonds is 5. The number of hydrogen-bond donors (Lipinski definition) is 2. The van der Waals surface area contributed by atoms with E-state index in [-0.39, 0.29) is 30.4 Å². The molecule has 0 saturated heterocycles. The normalized spacial score (nSPS) is 11.0. The van der Waals surface area contributed by atoms with Gasteiger partial charge >= 0.3 is 5.69 Å². The molecule has 2 aromatic carbocycles. The molecule has 0 atom stereocenters. The molecule has 0 unspecified atom stereocenters. The first-order valence-corrected chi connectivity index (χ1v) is 9.88. The van der Waals surface area contributed by atoms with Crippen LogP contribution in [0.3, 0.4) is 0 Å². The predicted octanol–water partition coefficient (Wildman–Crippen LogP) is 2.89. The van der Waals surface area contributed by atoms with Crippen molar-refractivity contribution in [3.8, 4) is 0 Å². The molecule has 2 aromatic heterocycles. The number of aromatic amines is 1. The Labute approximate surface area is 177 Å². The van der Waals surface area contributed by atoms with Crippen molar-refractivity contribution in [3.05, 3.63) is 92.3 Å². The summed E-state index contributed by atoms with van der Waals surface area (Å²) in [6.07, 6.45) is 0. The molecule has 31 heavy (non-hydrogen) atoms. The van der Waals surface area contributed by atoms with Crippen LogP contribution in [0.25, 0.3) is 11.0 Å². The SMILES string of the molecule is CCN(C(=O)c1oc2ccccc2c1C)c1c(N)n(Cc2ccccc2)c(=O)[nH]c1=O. The van der Waals surface area contributed by atoms with Gasteiger partial charge in [-0.05, 0) is 25.5 Å². The summed E-state index contributed by atoms with van der Waals surface area (Å²) in [5.41, 5.74) is 6.89. The van der Waals surface area contributed by atoms with E-state index in [0.717, 1.165) is 10.9 Å². The molecule has 3 N–H and O–H groups in total. The van der Waals surface area contributed by atoms with E-state index in [2.05, 4.69) is 4.98 Å². The third-order valence-electron chi connectivity index (χ3n) is 5.27. The third kappa shape index (κ3) is 3.52. The zero-order chi connectivity index (χ0) is 22.1. The van der Waals surface area contributed by atoms with E-state index in [4.69, 9.17) is 10.2 Å². The van der Waals surface area contributed by atoms with Gasteiger partial charge in [-0.3, -0.25) is 24.0 Å². The molecule has 8 nitrogen and oxygen atoms in total. The van der Waals surface area contributed by atoms with Crippen molar-refractivity contribution in [2.75, 3.05) is 17.2 Å². The Morgan fingerprint density at radius 1 is 1.10 bits per heavy atom. The maximum Gasteiger partial charge on any atom is 0.330 e.